The molecule has 1 heterocycles. The number of methoxy groups -OCH3 is 1. The topological polar surface area (TPSA) is 42.2 Å². The second-order valence-corrected chi connectivity index (χ2v) is 3.97. The van der Waals surface area contributed by atoms with E-state index in [2.05, 4.69) is 6.07 Å². The minimum absolute atomic E-state index is 0.403. The predicted molar refractivity (Wildman–Crippen MR) is 56.1 cm³/mol. The molecule has 4 heteroatoms. The molecule has 2 rings (SSSR count). The average Bonchev–Trinajstić information content (AvgIpc) is 2.17. The molecule has 1 aromatic carbocycles. The first-order valence-corrected chi connectivity index (χ1v) is 4.93. The van der Waals surface area contributed by atoms with Crippen molar-refractivity contribution >= 4 is 11.6 Å². The summed E-state index contributed by atoms with van der Waals surface area (Å²) in [6, 6.07) is 7.56. The number of nitriles is 1. The van der Waals surface area contributed by atoms with Gasteiger partial charge in [0, 0.05) is 10.6 Å². The Labute approximate surface area is 93.2 Å². The summed E-state index contributed by atoms with van der Waals surface area (Å²) in [4.78, 5) is 0. The maximum Gasteiger partial charge on any atom is 0.132 e. The quantitative estimate of drug-likeness (QED) is 0.772. The fourth-order valence-corrected chi connectivity index (χ4v) is 1.81. The molecule has 1 aliphatic rings. The second kappa shape index (κ2) is 3.73. The molecule has 1 fully saturated rings. The number of hydrogen-bond donors (Lipinski definition) is 0. The van der Waals surface area contributed by atoms with Gasteiger partial charge in [-0.05, 0) is 18.2 Å². The zero-order valence-corrected chi connectivity index (χ0v) is 9.04. The normalized spacial score (nSPS) is 17.7. The second-order valence-electron chi connectivity index (χ2n) is 3.53. The van der Waals surface area contributed by atoms with Crippen molar-refractivity contribution in [3.63, 3.8) is 0 Å². The van der Waals surface area contributed by atoms with Crippen molar-refractivity contribution in [1.29, 1.82) is 5.26 Å². The molecule has 0 bridgehead atoms. The lowest BCUT2D eigenvalue weighted by Gasteiger charge is -2.36. The molecule has 0 aromatic heterocycles. The van der Waals surface area contributed by atoms with E-state index in [1.54, 1.807) is 25.3 Å². The van der Waals surface area contributed by atoms with Crippen molar-refractivity contribution in [2.75, 3.05) is 20.3 Å². The van der Waals surface area contributed by atoms with Crippen LogP contribution in [0, 0.1) is 11.3 Å². The van der Waals surface area contributed by atoms with E-state index < -0.39 is 5.41 Å². The van der Waals surface area contributed by atoms with Gasteiger partial charge in [0.05, 0.1) is 26.4 Å². The zero-order chi connectivity index (χ0) is 10.9. The molecule has 0 aliphatic carbocycles. The lowest BCUT2D eigenvalue weighted by Crippen LogP contribution is -2.45. The fraction of sp³-hybridized carbons (Fsp3) is 0.364. The van der Waals surface area contributed by atoms with E-state index in [4.69, 9.17) is 21.1 Å². The summed E-state index contributed by atoms with van der Waals surface area (Å²) in [6.45, 7) is 0.806. The lowest BCUT2D eigenvalue weighted by molar-refractivity contribution is -0.0307. The molecule has 0 amide bonds. The molecule has 3 nitrogen and oxygen atoms in total. The molecule has 0 atom stereocenters. The SMILES string of the molecule is COc1ccc(Cl)cc1C1(C#N)COC1. The number of rotatable bonds is 2. The Kier molecular flexibility index (Phi) is 2.56. The van der Waals surface area contributed by atoms with E-state index in [-0.39, 0.29) is 0 Å². The molecule has 0 spiro atoms. The van der Waals surface area contributed by atoms with E-state index in [9.17, 15) is 5.26 Å². The Balaban J connectivity index is 2.50. The van der Waals surface area contributed by atoms with Gasteiger partial charge in [-0.25, -0.2) is 0 Å². The van der Waals surface area contributed by atoms with E-state index in [0.29, 0.717) is 24.0 Å². The van der Waals surface area contributed by atoms with Crippen LogP contribution < -0.4 is 4.74 Å². The molecule has 0 radical (unpaired) electrons. The maximum absolute atomic E-state index is 9.17. The van der Waals surface area contributed by atoms with Crippen LogP contribution in [0.4, 0.5) is 0 Å². The molecule has 1 aliphatic heterocycles. The van der Waals surface area contributed by atoms with Crippen molar-refractivity contribution in [2.45, 2.75) is 5.41 Å². The third-order valence-corrected chi connectivity index (χ3v) is 2.82. The van der Waals surface area contributed by atoms with Gasteiger partial charge >= 0.3 is 0 Å². The van der Waals surface area contributed by atoms with Gasteiger partial charge in [0.1, 0.15) is 11.2 Å². The van der Waals surface area contributed by atoms with Gasteiger partial charge < -0.3 is 9.47 Å². The van der Waals surface area contributed by atoms with Gasteiger partial charge in [0.15, 0.2) is 0 Å². The van der Waals surface area contributed by atoms with Gasteiger partial charge in [0.25, 0.3) is 0 Å². The molecule has 0 N–H and O–H groups in total. The number of nitrogens with zero attached hydrogens (tertiary/aromatic N) is 1. The molecule has 1 saturated heterocycles. The third kappa shape index (κ3) is 1.56. The van der Waals surface area contributed by atoms with Crippen molar-refractivity contribution in [1.82, 2.24) is 0 Å². The van der Waals surface area contributed by atoms with Crippen LogP contribution in [-0.4, -0.2) is 20.3 Å². The highest BCUT2D eigenvalue weighted by atomic mass is 35.5. The summed E-state index contributed by atoms with van der Waals surface area (Å²) < 4.78 is 10.3. The molecule has 78 valence electrons. The highest BCUT2D eigenvalue weighted by molar-refractivity contribution is 6.30. The zero-order valence-electron chi connectivity index (χ0n) is 8.29. The minimum atomic E-state index is -0.587. The van der Waals surface area contributed by atoms with Gasteiger partial charge in [-0.15, -0.1) is 0 Å². The van der Waals surface area contributed by atoms with Crippen LogP contribution in [0.15, 0.2) is 18.2 Å². The van der Waals surface area contributed by atoms with Crippen molar-refractivity contribution in [3.8, 4) is 11.8 Å². The number of ether oxygens (including phenoxy) is 2. The number of hydrogen-bond acceptors (Lipinski definition) is 3. The maximum atomic E-state index is 9.17. The highest BCUT2D eigenvalue weighted by Crippen LogP contribution is 2.38. The van der Waals surface area contributed by atoms with Gasteiger partial charge in [-0.1, -0.05) is 11.6 Å². The minimum Gasteiger partial charge on any atom is -0.496 e. The summed E-state index contributed by atoms with van der Waals surface area (Å²) in [5.41, 5.74) is 0.224. The Hall–Kier alpha value is -1.24. The molecule has 1 aromatic rings. The molecule has 15 heavy (non-hydrogen) atoms. The predicted octanol–water partition coefficient (Wildman–Crippen LogP) is 2.14. The largest absolute Gasteiger partial charge is 0.496 e. The fourth-order valence-electron chi connectivity index (χ4n) is 1.64. The molecule has 0 saturated carbocycles. The first kappa shape index (κ1) is 10.3. The molecular formula is C11H10ClNO2. The number of halogens is 1. The standard InChI is InChI=1S/C11H10ClNO2/c1-14-10-3-2-8(12)4-9(10)11(5-13)6-15-7-11/h2-4H,6-7H2,1H3. The van der Waals surface area contributed by atoms with E-state index in [0.717, 1.165) is 5.56 Å². The van der Waals surface area contributed by atoms with E-state index in [1.165, 1.54) is 0 Å². The lowest BCUT2D eigenvalue weighted by atomic mass is 9.79. The van der Waals surface area contributed by atoms with Crippen LogP contribution in [0.1, 0.15) is 5.56 Å². The summed E-state index contributed by atoms with van der Waals surface area (Å²) >= 11 is 5.91. The summed E-state index contributed by atoms with van der Waals surface area (Å²) in [6.07, 6.45) is 0. The van der Waals surface area contributed by atoms with Gasteiger partial charge in [-0.2, -0.15) is 5.26 Å². The van der Waals surface area contributed by atoms with Crippen LogP contribution in [0.3, 0.4) is 0 Å². The monoisotopic (exact) mass is 223 g/mol. The molecular weight excluding hydrogens is 214 g/mol. The Morgan fingerprint density at radius 2 is 2.27 bits per heavy atom. The van der Waals surface area contributed by atoms with Crippen molar-refractivity contribution < 1.29 is 9.47 Å². The first-order valence-electron chi connectivity index (χ1n) is 4.55. The van der Waals surface area contributed by atoms with Crippen LogP contribution in [-0.2, 0) is 10.2 Å². The van der Waals surface area contributed by atoms with Gasteiger partial charge in [0.2, 0.25) is 0 Å². The average molecular weight is 224 g/mol. The van der Waals surface area contributed by atoms with E-state index in [1.807, 2.05) is 0 Å². The van der Waals surface area contributed by atoms with Gasteiger partial charge in [-0.3, -0.25) is 0 Å². The first-order chi connectivity index (χ1) is 7.22. The third-order valence-electron chi connectivity index (χ3n) is 2.59. The van der Waals surface area contributed by atoms with Crippen LogP contribution in [0.25, 0.3) is 0 Å². The summed E-state index contributed by atoms with van der Waals surface area (Å²) in [5, 5.41) is 9.78. The summed E-state index contributed by atoms with van der Waals surface area (Å²) in [7, 11) is 1.58. The van der Waals surface area contributed by atoms with Crippen LogP contribution >= 0.6 is 11.6 Å². The Bertz CT molecular complexity index is 421. The van der Waals surface area contributed by atoms with Crippen LogP contribution in [0.5, 0.6) is 5.75 Å². The Morgan fingerprint density at radius 3 is 2.73 bits per heavy atom. The van der Waals surface area contributed by atoms with Crippen LogP contribution in [0.2, 0.25) is 5.02 Å². The summed E-state index contributed by atoms with van der Waals surface area (Å²) in [5.74, 6) is 0.684. The molecule has 0 unspecified atom stereocenters. The smallest absolute Gasteiger partial charge is 0.132 e. The number of benzene rings is 1. The highest BCUT2D eigenvalue weighted by Gasteiger charge is 2.43. The van der Waals surface area contributed by atoms with E-state index >= 15 is 0 Å². The van der Waals surface area contributed by atoms with Crippen molar-refractivity contribution in [3.05, 3.63) is 28.8 Å². The Morgan fingerprint density at radius 1 is 1.53 bits per heavy atom. The van der Waals surface area contributed by atoms with Crippen molar-refractivity contribution in [2.24, 2.45) is 0 Å².